The number of rotatable bonds is 3. The van der Waals surface area contributed by atoms with Crippen LogP contribution in [-0.2, 0) is 4.74 Å². The molecule has 8 heteroatoms. The van der Waals surface area contributed by atoms with Gasteiger partial charge in [0.05, 0.1) is 12.7 Å². The third kappa shape index (κ3) is 3.14. The highest BCUT2D eigenvalue weighted by Crippen LogP contribution is 2.31. The largest absolute Gasteiger partial charge is 0.444 e. The van der Waals surface area contributed by atoms with Crippen molar-refractivity contribution in [2.24, 2.45) is 0 Å². The molecule has 3 aromatic rings. The molecule has 0 saturated carbocycles. The van der Waals surface area contributed by atoms with Gasteiger partial charge in [0.25, 0.3) is 0 Å². The first-order chi connectivity index (χ1) is 12.6. The van der Waals surface area contributed by atoms with Gasteiger partial charge in [0.2, 0.25) is 0 Å². The van der Waals surface area contributed by atoms with Crippen molar-refractivity contribution in [2.75, 3.05) is 18.0 Å². The Morgan fingerprint density at radius 1 is 1.42 bits per heavy atom. The number of carbonyl (C=O) groups excluding carboxylic acids is 1. The summed E-state index contributed by atoms with van der Waals surface area (Å²) in [4.78, 5) is 21.6. The molecule has 1 unspecified atom stereocenters. The van der Waals surface area contributed by atoms with E-state index in [0.29, 0.717) is 6.54 Å². The number of ether oxygens (including phenoxy) is 1. The Labute approximate surface area is 150 Å². The minimum Gasteiger partial charge on any atom is -0.444 e. The number of anilines is 1. The lowest BCUT2D eigenvalue weighted by Crippen LogP contribution is -2.43. The first kappa shape index (κ1) is 16.6. The van der Waals surface area contributed by atoms with E-state index in [1.165, 1.54) is 0 Å². The lowest BCUT2D eigenvalue weighted by atomic mass is 10.1. The van der Waals surface area contributed by atoms with Crippen LogP contribution in [0.5, 0.6) is 0 Å². The van der Waals surface area contributed by atoms with E-state index in [1.54, 1.807) is 12.4 Å². The average molecular weight is 354 g/mol. The Bertz CT molecular complexity index is 938. The van der Waals surface area contributed by atoms with Crippen LogP contribution in [0.25, 0.3) is 21.8 Å². The van der Waals surface area contributed by atoms with Crippen LogP contribution < -0.4 is 10.2 Å². The zero-order chi connectivity index (χ0) is 18.1. The van der Waals surface area contributed by atoms with Gasteiger partial charge in [0.1, 0.15) is 11.8 Å². The smallest absolute Gasteiger partial charge is 0.407 e. The van der Waals surface area contributed by atoms with E-state index >= 15 is 0 Å². The van der Waals surface area contributed by atoms with Crippen molar-refractivity contribution in [3.8, 4) is 0 Å². The molecule has 1 aliphatic heterocycles. The summed E-state index contributed by atoms with van der Waals surface area (Å²) in [5, 5.41) is 14.3. The Hall–Kier alpha value is -2.90. The molecule has 0 aromatic carbocycles. The number of hydrogen-bond donors (Lipinski definition) is 2. The fourth-order valence-corrected chi connectivity index (χ4v) is 3.44. The van der Waals surface area contributed by atoms with Gasteiger partial charge in [-0.2, -0.15) is 5.10 Å². The number of nitrogens with zero attached hydrogens (tertiary/aromatic N) is 4. The topological polar surface area (TPSA) is 96.0 Å². The monoisotopic (exact) mass is 354 g/mol. The maximum Gasteiger partial charge on any atom is 0.407 e. The predicted octanol–water partition coefficient (Wildman–Crippen LogP) is 2.61. The number of carbonyl (C=O) groups is 1. The number of alkyl carbamates (subject to hydrolysis) is 1. The molecule has 8 nitrogen and oxygen atoms in total. The SMILES string of the molecule is CC(C)NC(=O)OC1CCCN(c2nncc3cnc4[nH]ccc4c23)C1. The molecule has 0 radical (unpaired) electrons. The molecular weight excluding hydrogens is 332 g/mol. The highest BCUT2D eigenvalue weighted by molar-refractivity contribution is 6.09. The van der Waals surface area contributed by atoms with Gasteiger partial charge in [0.15, 0.2) is 5.82 Å². The van der Waals surface area contributed by atoms with Crippen LogP contribution in [0.2, 0.25) is 0 Å². The minimum absolute atomic E-state index is 0.0560. The van der Waals surface area contributed by atoms with Crippen LogP contribution in [0.4, 0.5) is 10.6 Å². The Balaban J connectivity index is 1.63. The lowest BCUT2D eigenvalue weighted by Gasteiger charge is -2.33. The molecular formula is C18H22N6O2. The summed E-state index contributed by atoms with van der Waals surface area (Å²) >= 11 is 0. The number of H-pyrrole nitrogens is 1. The van der Waals surface area contributed by atoms with Crippen LogP contribution >= 0.6 is 0 Å². The van der Waals surface area contributed by atoms with E-state index < -0.39 is 0 Å². The number of pyridine rings is 1. The molecule has 0 spiro atoms. The summed E-state index contributed by atoms with van der Waals surface area (Å²) in [5.74, 6) is 0.812. The van der Waals surface area contributed by atoms with E-state index in [2.05, 4.69) is 30.4 Å². The van der Waals surface area contributed by atoms with E-state index in [0.717, 1.165) is 47.0 Å². The number of amides is 1. The number of fused-ring (bicyclic) bond motifs is 3. The van der Waals surface area contributed by atoms with E-state index in [1.807, 2.05) is 26.1 Å². The Morgan fingerprint density at radius 2 is 2.31 bits per heavy atom. The van der Waals surface area contributed by atoms with Crippen LogP contribution in [0, 0.1) is 0 Å². The molecule has 4 rings (SSSR count). The van der Waals surface area contributed by atoms with E-state index in [-0.39, 0.29) is 18.2 Å². The zero-order valence-corrected chi connectivity index (χ0v) is 14.9. The number of hydrogen-bond acceptors (Lipinski definition) is 6. The number of piperidine rings is 1. The van der Waals surface area contributed by atoms with Crippen LogP contribution in [-0.4, -0.2) is 51.5 Å². The Morgan fingerprint density at radius 3 is 3.15 bits per heavy atom. The van der Waals surface area contributed by atoms with Crippen molar-refractivity contribution in [1.82, 2.24) is 25.5 Å². The van der Waals surface area contributed by atoms with Crippen LogP contribution in [0.1, 0.15) is 26.7 Å². The van der Waals surface area contributed by atoms with E-state index in [4.69, 9.17) is 4.74 Å². The maximum absolute atomic E-state index is 11.9. The number of nitrogens with one attached hydrogen (secondary N) is 2. The predicted molar refractivity (Wildman–Crippen MR) is 99.2 cm³/mol. The second-order valence-electron chi connectivity index (χ2n) is 6.91. The molecule has 0 aliphatic carbocycles. The van der Waals surface area contributed by atoms with Gasteiger partial charge >= 0.3 is 6.09 Å². The second-order valence-corrected chi connectivity index (χ2v) is 6.91. The van der Waals surface area contributed by atoms with Gasteiger partial charge in [0, 0.05) is 41.1 Å². The first-order valence-corrected chi connectivity index (χ1v) is 8.91. The molecule has 1 fully saturated rings. The zero-order valence-electron chi connectivity index (χ0n) is 14.9. The van der Waals surface area contributed by atoms with Crippen LogP contribution in [0.15, 0.2) is 24.7 Å². The molecule has 3 aromatic heterocycles. The third-order valence-corrected chi connectivity index (χ3v) is 4.55. The van der Waals surface area contributed by atoms with Crippen molar-refractivity contribution >= 4 is 33.7 Å². The molecule has 1 aliphatic rings. The van der Waals surface area contributed by atoms with Gasteiger partial charge in [-0.1, -0.05) is 0 Å². The van der Waals surface area contributed by atoms with Gasteiger partial charge in [-0.05, 0) is 32.8 Å². The summed E-state index contributed by atoms with van der Waals surface area (Å²) in [6, 6.07) is 2.06. The molecule has 4 heterocycles. The second kappa shape index (κ2) is 6.78. The highest BCUT2D eigenvalue weighted by Gasteiger charge is 2.26. The number of aromatic nitrogens is 4. The molecule has 1 amide bonds. The number of aromatic amines is 1. The summed E-state index contributed by atoms with van der Waals surface area (Å²) in [6.45, 7) is 5.29. The van der Waals surface area contributed by atoms with Gasteiger partial charge in [-0.3, -0.25) is 0 Å². The summed E-state index contributed by atoms with van der Waals surface area (Å²) in [6.07, 6.45) is 6.66. The van der Waals surface area contributed by atoms with Crippen molar-refractivity contribution in [1.29, 1.82) is 0 Å². The molecule has 2 N–H and O–H groups in total. The van der Waals surface area contributed by atoms with Crippen molar-refractivity contribution in [2.45, 2.75) is 38.8 Å². The molecule has 136 valence electrons. The summed E-state index contributed by atoms with van der Waals surface area (Å²) < 4.78 is 5.58. The minimum atomic E-state index is -0.368. The fraction of sp³-hybridized carbons (Fsp3) is 0.444. The van der Waals surface area contributed by atoms with Crippen molar-refractivity contribution in [3.05, 3.63) is 24.7 Å². The van der Waals surface area contributed by atoms with Crippen molar-refractivity contribution < 1.29 is 9.53 Å². The maximum atomic E-state index is 11.9. The van der Waals surface area contributed by atoms with Crippen molar-refractivity contribution in [3.63, 3.8) is 0 Å². The summed E-state index contributed by atoms with van der Waals surface area (Å²) in [5.41, 5.74) is 0.827. The summed E-state index contributed by atoms with van der Waals surface area (Å²) in [7, 11) is 0. The van der Waals surface area contributed by atoms with Gasteiger partial charge in [-0.25, -0.2) is 9.78 Å². The lowest BCUT2D eigenvalue weighted by molar-refractivity contribution is 0.0865. The third-order valence-electron chi connectivity index (χ3n) is 4.55. The highest BCUT2D eigenvalue weighted by atomic mass is 16.6. The molecule has 1 atom stereocenters. The van der Waals surface area contributed by atoms with Gasteiger partial charge < -0.3 is 19.9 Å². The normalized spacial score (nSPS) is 17.8. The molecule has 26 heavy (non-hydrogen) atoms. The molecule has 1 saturated heterocycles. The Kier molecular flexibility index (Phi) is 4.32. The van der Waals surface area contributed by atoms with Gasteiger partial charge in [-0.15, -0.1) is 5.10 Å². The average Bonchev–Trinajstić information content (AvgIpc) is 3.09. The standard InChI is InChI=1S/C18H22N6O2/c1-11(2)22-18(25)26-13-4-3-7-24(10-13)17-15-12(9-21-23-17)8-20-16-14(15)5-6-19-16/h5-6,8-9,11,13H,3-4,7,10H2,1-2H3,(H,19,20)(H,22,25). The first-order valence-electron chi connectivity index (χ1n) is 8.91. The fourth-order valence-electron chi connectivity index (χ4n) is 3.44. The quantitative estimate of drug-likeness (QED) is 0.750. The van der Waals surface area contributed by atoms with Crippen LogP contribution in [0.3, 0.4) is 0 Å². The molecule has 0 bridgehead atoms. The van der Waals surface area contributed by atoms with E-state index in [9.17, 15) is 4.79 Å².